The molecule has 0 aromatic carbocycles. The van der Waals surface area contributed by atoms with Crippen LogP contribution < -0.4 is 0 Å². The molecule has 0 radical (unpaired) electrons. The van der Waals surface area contributed by atoms with Crippen molar-refractivity contribution in [3.05, 3.63) is 0 Å². The van der Waals surface area contributed by atoms with Gasteiger partial charge in [0, 0.05) is 0 Å². The molecule has 0 saturated heterocycles. The van der Waals surface area contributed by atoms with Crippen molar-refractivity contribution in [2.75, 3.05) is 0 Å². The Morgan fingerprint density at radius 1 is 1.25 bits per heavy atom. The van der Waals surface area contributed by atoms with E-state index in [9.17, 15) is 0 Å². The van der Waals surface area contributed by atoms with Crippen LogP contribution in [0.15, 0.2) is 0 Å². The van der Waals surface area contributed by atoms with Crippen molar-refractivity contribution in [2.24, 2.45) is 0 Å². The van der Waals surface area contributed by atoms with E-state index in [1.807, 2.05) is 0 Å². The number of rotatable bonds is 0. The first-order chi connectivity index (χ1) is 1.41. The van der Waals surface area contributed by atoms with E-state index < -0.39 is 0 Å². The van der Waals surface area contributed by atoms with Gasteiger partial charge in [-0.1, -0.05) is 0 Å². The molecule has 0 nitrogen and oxygen atoms in total. The largest absolute Gasteiger partial charge is 2.00 e. The van der Waals surface area contributed by atoms with Crippen LogP contribution in [0.3, 0.4) is 0 Å². The number of hydrogen-bond donors (Lipinski definition) is 0. The molecule has 0 bridgehead atoms. The zero-order valence-corrected chi connectivity index (χ0v) is 6.08. The summed E-state index contributed by atoms with van der Waals surface area (Å²) in [7, 11) is 10.1. The fourth-order valence-electron chi connectivity index (χ4n) is 0. The van der Waals surface area contributed by atoms with Crippen molar-refractivity contribution in [1.82, 2.24) is 0 Å². The Kier molecular flexibility index (Phi) is 20.2. The van der Waals surface area contributed by atoms with E-state index >= 15 is 0 Å². The maximum absolute atomic E-state index is 4.68. The van der Waals surface area contributed by atoms with Gasteiger partial charge in [0.05, 0.1) is 10.2 Å². The van der Waals surface area contributed by atoms with Crippen LogP contribution in [0.1, 0.15) is 0 Å². The third kappa shape index (κ3) is 9.47. The molecule has 0 saturated carbocycles. The van der Waals surface area contributed by atoms with Gasteiger partial charge >= 0.3 is 21.1 Å². The molecule has 28 valence electrons. The second-order valence-electron chi connectivity index (χ2n) is 0.0583. The minimum Gasteiger partial charge on any atom is -0.0261 e. The first-order valence-corrected chi connectivity index (χ1v) is 2.78. The molecule has 0 N–H and O–H groups in total. The van der Waals surface area contributed by atoms with E-state index in [-0.39, 0.29) is 21.1 Å². The summed E-state index contributed by atoms with van der Waals surface area (Å²) in [4.78, 5) is 0. The van der Waals surface area contributed by atoms with Crippen molar-refractivity contribution in [3.63, 3.8) is 0 Å². The van der Waals surface area contributed by atoms with Gasteiger partial charge in [-0.15, -0.1) is 0 Å². The van der Waals surface area contributed by atoms with Crippen LogP contribution in [0.25, 0.3) is 0 Å². The molecular weight excluding hydrogens is 298 g/mol. The average molecular weight is 298 g/mol. The van der Waals surface area contributed by atoms with Crippen molar-refractivity contribution in [1.29, 1.82) is 0 Å². The van der Waals surface area contributed by atoms with E-state index in [4.69, 9.17) is 0 Å². The summed E-state index contributed by atoms with van der Waals surface area (Å²) in [5.74, 6) is 0. The second kappa shape index (κ2) is 8.82. The molecule has 0 aliphatic carbocycles. The molecule has 0 unspecified atom stereocenters. The van der Waals surface area contributed by atoms with Gasteiger partial charge in [0.2, 0.25) is 0 Å². The fourth-order valence-corrected chi connectivity index (χ4v) is 0. The summed E-state index contributed by atoms with van der Waals surface area (Å²) in [6, 6.07) is 0. The summed E-state index contributed by atoms with van der Waals surface area (Å²) in [5, 5.41) is 0. The third-order valence-corrected chi connectivity index (χ3v) is 0. The first kappa shape index (κ1) is 9.15. The van der Waals surface area contributed by atoms with Crippen LogP contribution in [-0.4, -0.2) is 0 Å². The van der Waals surface area contributed by atoms with Crippen LogP contribution in [0, 0.1) is 0 Å². The first-order valence-electron chi connectivity index (χ1n) is 0.309. The van der Waals surface area contributed by atoms with Gasteiger partial charge in [-0.3, -0.25) is 0 Å². The molecule has 0 aliphatic rings. The molecule has 0 rings (SSSR count). The van der Waals surface area contributed by atoms with Crippen LogP contribution in [0.5, 0.6) is 0 Å². The van der Waals surface area contributed by atoms with Crippen molar-refractivity contribution in [2.45, 2.75) is 0 Å². The number of hydrogen-bond acceptors (Lipinski definition) is 1. The van der Waals surface area contributed by atoms with E-state index in [0.29, 0.717) is 10.2 Å². The Morgan fingerprint density at radius 3 is 1.25 bits per heavy atom. The molecule has 0 amide bonds. The van der Waals surface area contributed by atoms with Gasteiger partial charge < -0.3 is 0 Å². The molecular formula is Cl2PtS+2. The normalized spacial score (nSPS) is 4.50. The summed E-state index contributed by atoms with van der Waals surface area (Å²) in [5.41, 5.74) is 0. The van der Waals surface area contributed by atoms with E-state index in [0.717, 1.165) is 0 Å². The van der Waals surface area contributed by atoms with Gasteiger partial charge in [-0.2, -0.15) is 0 Å². The molecule has 4 heavy (non-hydrogen) atoms. The molecule has 4 heteroatoms. The second-order valence-corrected chi connectivity index (χ2v) is 1.57. The average Bonchev–Trinajstić information content (AvgIpc) is 0.918. The summed E-state index contributed by atoms with van der Waals surface area (Å²) in [6.07, 6.45) is 0. The van der Waals surface area contributed by atoms with E-state index in [1.54, 1.807) is 0 Å². The Balaban J connectivity index is 0. The Hall–Kier alpha value is 1.62. The van der Waals surface area contributed by atoms with Gasteiger partial charge in [0.1, 0.15) is 0 Å². The Morgan fingerprint density at radius 2 is 1.25 bits per heavy atom. The maximum atomic E-state index is 4.68. The van der Waals surface area contributed by atoms with Crippen LogP contribution in [-0.2, 0) is 21.1 Å². The molecule has 0 heterocycles. The minimum absolute atomic E-state index is 0. The van der Waals surface area contributed by atoms with E-state index in [1.165, 1.54) is 0 Å². The summed E-state index contributed by atoms with van der Waals surface area (Å²) in [6.45, 7) is 0. The minimum atomic E-state index is 0. The Labute approximate surface area is 52.5 Å². The zero-order chi connectivity index (χ0) is 2.71. The van der Waals surface area contributed by atoms with E-state index in [2.05, 4.69) is 21.4 Å². The molecule has 0 fully saturated rings. The number of halogens is 2. The topological polar surface area (TPSA) is 0 Å². The standard InChI is InChI=1S/Cl2S.Pt/c1-3-2;/q;+2. The smallest absolute Gasteiger partial charge is 0.0261 e. The molecule has 0 spiro atoms. The SMILES string of the molecule is ClSCl.[Pt+2]. The maximum Gasteiger partial charge on any atom is 2.00 e. The van der Waals surface area contributed by atoms with Gasteiger partial charge in [0.25, 0.3) is 0 Å². The van der Waals surface area contributed by atoms with Crippen molar-refractivity contribution < 1.29 is 21.1 Å². The fraction of sp³-hybridized carbons (Fsp3) is 0. The Bertz CT molecular complexity index is 6.00. The van der Waals surface area contributed by atoms with Gasteiger partial charge in [-0.25, -0.2) is 0 Å². The molecule has 0 aromatic rings. The van der Waals surface area contributed by atoms with Crippen molar-refractivity contribution >= 4 is 31.6 Å². The predicted octanol–water partition coefficient (Wildman–Crippen LogP) is 2.02. The predicted molar refractivity (Wildman–Crippen MR) is 19.3 cm³/mol. The van der Waals surface area contributed by atoms with Crippen molar-refractivity contribution in [3.8, 4) is 0 Å². The van der Waals surface area contributed by atoms with Crippen LogP contribution in [0.4, 0.5) is 0 Å². The van der Waals surface area contributed by atoms with Crippen LogP contribution in [0.2, 0.25) is 0 Å². The van der Waals surface area contributed by atoms with Gasteiger partial charge in [-0.05, 0) is 21.4 Å². The summed E-state index contributed by atoms with van der Waals surface area (Å²) < 4.78 is 0. The summed E-state index contributed by atoms with van der Waals surface area (Å²) >= 11 is 0. The van der Waals surface area contributed by atoms with Crippen LogP contribution >= 0.6 is 31.6 Å². The zero-order valence-electron chi connectivity index (χ0n) is 1.48. The third-order valence-electron chi connectivity index (χ3n) is 0. The molecule has 0 aliphatic heterocycles. The monoisotopic (exact) mass is 297 g/mol. The van der Waals surface area contributed by atoms with Gasteiger partial charge in [0.15, 0.2) is 0 Å². The molecule has 0 atom stereocenters. The quantitative estimate of drug-likeness (QED) is 0.659. The molecule has 0 aromatic heterocycles.